The first-order valence-electron chi connectivity index (χ1n) is 9.77. The summed E-state index contributed by atoms with van der Waals surface area (Å²) in [6.45, 7) is 3.84. The number of amidine groups is 1. The number of aliphatic carboxylic acids is 1. The fourth-order valence-corrected chi connectivity index (χ4v) is 2.97. The third-order valence-corrected chi connectivity index (χ3v) is 4.41. The van der Waals surface area contributed by atoms with Crippen molar-refractivity contribution in [3.05, 3.63) is 0 Å². The van der Waals surface area contributed by atoms with E-state index in [-0.39, 0.29) is 48.5 Å². The van der Waals surface area contributed by atoms with Crippen LogP contribution in [0.15, 0.2) is 4.99 Å². The van der Waals surface area contributed by atoms with Gasteiger partial charge in [0.25, 0.3) is 0 Å². The van der Waals surface area contributed by atoms with Gasteiger partial charge in [-0.25, -0.2) is 0 Å². The molecule has 1 aliphatic heterocycles. The fraction of sp³-hybridized carbons (Fsp3) is 0.842. The van der Waals surface area contributed by atoms with Crippen LogP contribution < -0.4 is 34.7 Å². The number of hydrogen-bond acceptors (Lipinski definition) is 6. The van der Waals surface area contributed by atoms with Crippen molar-refractivity contribution in [2.24, 2.45) is 4.99 Å². The quantitative estimate of drug-likeness (QED) is 0.215. The van der Waals surface area contributed by atoms with Gasteiger partial charge in [-0.15, -0.1) is 0 Å². The first-order valence-corrected chi connectivity index (χ1v) is 9.77. The molecule has 0 N–H and O–H groups in total. The molecule has 0 fully saturated rings. The van der Waals surface area contributed by atoms with E-state index in [1.807, 2.05) is 0 Å². The number of hydrogen-bond donors (Lipinski definition) is 0. The zero-order valence-corrected chi connectivity index (χ0v) is 18.6. The molecule has 0 aliphatic carbocycles. The summed E-state index contributed by atoms with van der Waals surface area (Å²) >= 11 is 0. The number of ether oxygens (including phenoxy) is 1. The zero-order chi connectivity index (χ0) is 18.3. The van der Waals surface area contributed by atoms with Crippen LogP contribution >= 0.6 is 0 Å². The molecule has 0 atom stereocenters. The largest absolute Gasteiger partial charge is 1.00 e. The Morgan fingerprint density at radius 1 is 1.04 bits per heavy atom. The Morgan fingerprint density at radius 3 is 2.19 bits per heavy atom. The number of carbonyl (C=O) groups excluding carboxylic acids is 2. The second-order valence-corrected chi connectivity index (χ2v) is 6.67. The van der Waals surface area contributed by atoms with Gasteiger partial charge in [-0.05, 0) is 6.42 Å². The third kappa shape index (κ3) is 12.7. The second kappa shape index (κ2) is 16.6. The number of carboxylic acids is 1. The van der Waals surface area contributed by atoms with Crippen molar-refractivity contribution in [1.29, 1.82) is 0 Å². The molecular formula is C19H33N2NaO4. The average Bonchev–Trinajstić information content (AvgIpc) is 2.98. The van der Waals surface area contributed by atoms with Gasteiger partial charge in [0.05, 0.1) is 13.2 Å². The summed E-state index contributed by atoms with van der Waals surface area (Å²) in [7, 11) is 0. The Bertz CT molecular complexity index is 430. The number of nitrogens with zero attached hydrogens (tertiary/aromatic N) is 2. The monoisotopic (exact) mass is 376 g/mol. The summed E-state index contributed by atoms with van der Waals surface area (Å²) in [5, 5.41) is 10.6. The Labute approximate surface area is 180 Å². The standard InChI is InChI=1S/C19H34N2O4.Na/c1-2-3-4-5-6-7-8-9-10-11-14-25-19(24)16-21-13-12-20-17(21)15-18(22)23;/h2-16H2,1H3,(H,22,23);/q;+1/p-1. The minimum absolute atomic E-state index is 0. The maximum absolute atomic E-state index is 11.8. The summed E-state index contributed by atoms with van der Waals surface area (Å²) in [5.74, 6) is -1.08. The molecule has 7 heteroatoms. The van der Waals surface area contributed by atoms with Gasteiger partial charge in [-0.3, -0.25) is 9.79 Å². The van der Waals surface area contributed by atoms with E-state index in [1.54, 1.807) is 4.90 Å². The first kappa shape index (κ1) is 25.4. The van der Waals surface area contributed by atoms with Gasteiger partial charge >= 0.3 is 35.5 Å². The Kier molecular flexibility index (Phi) is 16.2. The smallest absolute Gasteiger partial charge is 0.550 e. The van der Waals surface area contributed by atoms with Crippen LogP contribution in [0.4, 0.5) is 0 Å². The van der Waals surface area contributed by atoms with E-state index in [1.165, 1.54) is 51.4 Å². The Hall–Kier alpha value is -0.590. The van der Waals surface area contributed by atoms with Crippen LogP contribution in [0, 0.1) is 0 Å². The molecule has 144 valence electrons. The topological polar surface area (TPSA) is 82.0 Å². The zero-order valence-electron chi connectivity index (χ0n) is 16.6. The van der Waals surface area contributed by atoms with E-state index in [9.17, 15) is 14.7 Å². The molecule has 0 aromatic rings. The van der Waals surface area contributed by atoms with Gasteiger partial charge in [0.1, 0.15) is 12.4 Å². The molecular weight excluding hydrogens is 343 g/mol. The molecule has 0 spiro atoms. The van der Waals surface area contributed by atoms with Gasteiger partial charge in [-0.1, -0.05) is 64.7 Å². The maximum atomic E-state index is 11.8. The minimum atomic E-state index is -1.18. The molecule has 0 aromatic heterocycles. The summed E-state index contributed by atoms with van der Waals surface area (Å²) in [5.41, 5.74) is 0. The predicted molar refractivity (Wildman–Crippen MR) is 96.3 cm³/mol. The van der Waals surface area contributed by atoms with Crippen LogP contribution in [0.25, 0.3) is 0 Å². The van der Waals surface area contributed by atoms with Crippen molar-refractivity contribution in [3.8, 4) is 0 Å². The Morgan fingerprint density at radius 2 is 1.62 bits per heavy atom. The summed E-state index contributed by atoms with van der Waals surface area (Å²) < 4.78 is 5.23. The van der Waals surface area contributed by atoms with Crippen LogP contribution in [-0.4, -0.2) is 48.9 Å². The molecule has 26 heavy (non-hydrogen) atoms. The number of esters is 1. The van der Waals surface area contributed by atoms with Crippen LogP contribution in [0.1, 0.15) is 77.6 Å². The average molecular weight is 376 g/mol. The number of rotatable bonds is 15. The Balaban J connectivity index is 0.00000625. The number of carbonyl (C=O) groups is 2. The molecule has 0 unspecified atom stereocenters. The molecule has 0 saturated heterocycles. The van der Waals surface area contributed by atoms with Crippen molar-refractivity contribution < 1.29 is 49.0 Å². The predicted octanol–water partition coefficient (Wildman–Crippen LogP) is -0.691. The van der Waals surface area contributed by atoms with E-state index < -0.39 is 5.97 Å². The second-order valence-electron chi connectivity index (χ2n) is 6.67. The molecule has 1 rings (SSSR count). The maximum Gasteiger partial charge on any atom is 1.00 e. The molecule has 0 saturated carbocycles. The van der Waals surface area contributed by atoms with Crippen LogP contribution in [0.2, 0.25) is 0 Å². The third-order valence-electron chi connectivity index (χ3n) is 4.41. The van der Waals surface area contributed by atoms with Crippen molar-refractivity contribution in [2.75, 3.05) is 26.2 Å². The summed E-state index contributed by atoms with van der Waals surface area (Å²) in [6, 6.07) is 0. The summed E-state index contributed by atoms with van der Waals surface area (Å²) in [4.78, 5) is 28.2. The van der Waals surface area contributed by atoms with Crippen LogP contribution in [0.5, 0.6) is 0 Å². The molecule has 0 bridgehead atoms. The molecule has 1 aliphatic rings. The van der Waals surface area contributed by atoms with E-state index >= 15 is 0 Å². The SMILES string of the molecule is CCCCCCCCCCCCOC(=O)CN1CCN=C1CC(=O)[O-].[Na+]. The van der Waals surface area contributed by atoms with Gasteiger partial charge in [0.2, 0.25) is 0 Å². The van der Waals surface area contributed by atoms with Crippen molar-refractivity contribution >= 4 is 17.8 Å². The molecule has 6 nitrogen and oxygen atoms in total. The van der Waals surface area contributed by atoms with Crippen molar-refractivity contribution in [1.82, 2.24) is 4.90 Å². The van der Waals surface area contributed by atoms with E-state index in [0.29, 0.717) is 25.5 Å². The van der Waals surface area contributed by atoms with E-state index in [4.69, 9.17) is 4.74 Å². The first-order chi connectivity index (χ1) is 12.1. The van der Waals surface area contributed by atoms with Gasteiger partial charge in [0, 0.05) is 18.9 Å². The summed E-state index contributed by atoms with van der Waals surface area (Å²) in [6.07, 6.45) is 12.2. The number of carboxylic acid groups (broad SMARTS) is 1. The molecule has 0 radical (unpaired) electrons. The van der Waals surface area contributed by atoms with Crippen molar-refractivity contribution in [3.63, 3.8) is 0 Å². The molecule has 0 amide bonds. The van der Waals surface area contributed by atoms with Crippen LogP contribution in [0.3, 0.4) is 0 Å². The van der Waals surface area contributed by atoms with E-state index in [2.05, 4.69) is 11.9 Å². The number of unbranched alkanes of at least 4 members (excludes halogenated alkanes) is 9. The van der Waals surface area contributed by atoms with Gasteiger partial charge in [0.15, 0.2) is 0 Å². The molecule has 0 aromatic carbocycles. The van der Waals surface area contributed by atoms with Gasteiger partial charge < -0.3 is 19.5 Å². The molecule has 1 heterocycles. The number of aliphatic imine (C=N–C) groups is 1. The minimum Gasteiger partial charge on any atom is -0.550 e. The normalized spacial score (nSPS) is 13.3. The fourth-order valence-electron chi connectivity index (χ4n) is 2.97. The van der Waals surface area contributed by atoms with Crippen molar-refractivity contribution in [2.45, 2.75) is 77.6 Å². The van der Waals surface area contributed by atoms with Gasteiger partial charge in [-0.2, -0.15) is 0 Å². The van der Waals surface area contributed by atoms with E-state index in [0.717, 1.165) is 12.8 Å². The van der Waals surface area contributed by atoms with Crippen LogP contribution in [-0.2, 0) is 14.3 Å².